The molecule has 0 bridgehead atoms. The van der Waals surface area contributed by atoms with Gasteiger partial charge in [-0.2, -0.15) is 0 Å². The van der Waals surface area contributed by atoms with Gasteiger partial charge in [-0.3, -0.25) is 4.98 Å². The normalized spacial score (nSPS) is 10.2. The first-order valence-corrected chi connectivity index (χ1v) is 5.92. The Bertz CT molecular complexity index is 560. The first-order valence-electron chi connectivity index (χ1n) is 5.92. The van der Waals surface area contributed by atoms with Crippen LogP contribution in [0.5, 0.6) is 0 Å². The molecule has 2 aromatic rings. The molecule has 0 saturated heterocycles. The zero-order valence-electron chi connectivity index (χ0n) is 10.5. The van der Waals surface area contributed by atoms with E-state index < -0.39 is 5.97 Å². The highest BCUT2D eigenvalue weighted by atomic mass is 16.4. The standard InChI is InChI=1S/C13H14N4O2/c1-2-17(9-10-5-3-4-7-14-10)13-15-8-6-11(16-13)12(18)19/h3-8H,2,9H2,1H3,(H,18,19). The zero-order valence-corrected chi connectivity index (χ0v) is 10.5. The topological polar surface area (TPSA) is 79.2 Å². The van der Waals surface area contributed by atoms with E-state index in [-0.39, 0.29) is 5.69 Å². The summed E-state index contributed by atoms with van der Waals surface area (Å²) in [6, 6.07) is 7.04. The van der Waals surface area contributed by atoms with Gasteiger partial charge in [0, 0.05) is 18.9 Å². The molecule has 0 fully saturated rings. The number of hydrogen-bond donors (Lipinski definition) is 1. The van der Waals surface area contributed by atoms with Crippen molar-refractivity contribution in [2.45, 2.75) is 13.5 Å². The third-order valence-corrected chi connectivity index (χ3v) is 2.61. The number of carboxylic acid groups (broad SMARTS) is 1. The van der Waals surface area contributed by atoms with Crippen LogP contribution in [0.3, 0.4) is 0 Å². The van der Waals surface area contributed by atoms with E-state index in [1.807, 2.05) is 30.0 Å². The van der Waals surface area contributed by atoms with Crippen LogP contribution in [0.15, 0.2) is 36.7 Å². The fourth-order valence-corrected chi connectivity index (χ4v) is 1.63. The molecule has 0 aliphatic heterocycles. The molecule has 0 aliphatic carbocycles. The predicted molar refractivity (Wildman–Crippen MR) is 70.0 cm³/mol. The molecule has 0 saturated carbocycles. The van der Waals surface area contributed by atoms with Gasteiger partial charge in [0.15, 0.2) is 5.69 Å². The molecule has 0 atom stereocenters. The van der Waals surface area contributed by atoms with Crippen molar-refractivity contribution < 1.29 is 9.90 Å². The molecular formula is C13H14N4O2. The maximum absolute atomic E-state index is 10.9. The Balaban J connectivity index is 2.22. The maximum Gasteiger partial charge on any atom is 0.354 e. The molecule has 19 heavy (non-hydrogen) atoms. The van der Waals surface area contributed by atoms with Crippen molar-refractivity contribution in [1.82, 2.24) is 15.0 Å². The molecule has 2 rings (SSSR count). The number of pyridine rings is 1. The molecule has 98 valence electrons. The molecule has 2 aromatic heterocycles. The summed E-state index contributed by atoms with van der Waals surface area (Å²) in [5.41, 5.74) is 0.873. The summed E-state index contributed by atoms with van der Waals surface area (Å²) in [7, 11) is 0. The highest BCUT2D eigenvalue weighted by molar-refractivity contribution is 5.85. The van der Waals surface area contributed by atoms with Crippen molar-refractivity contribution >= 4 is 11.9 Å². The van der Waals surface area contributed by atoms with Gasteiger partial charge in [0.1, 0.15) is 0 Å². The average molecular weight is 258 g/mol. The maximum atomic E-state index is 10.9. The van der Waals surface area contributed by atoms with Crippen LogP contribution in [0.4, 0.5) is 5.95 Å². The van der Waals surface area contributed by atoms with Gasteiger partial charge in [0.2, 0.25) is 5.95 Å². The Morgan fingerprint density at radius 2 is 2.11 bits per heavy atom. The van der Waals surface area contributed by atoms with Crippen molar-refractivity contribution in [2.75, 3.05) is 11.4 Å². The highest BCUT2D eigenvalue weighted by Gasteiger charge is 2.12. The minimum atomic E-state index is -1.06. The molecule has 6 nitrogen and oxygen atoms in total. The second-order valence-electron chi connectivity index (χ2n) is 3.88. The number of anilines is 1. The molecule has 0 radical (unpaired) electrons. The SMILES string of the molecule is CCN(Cc1ccccn1)c1nccc(C(=O)O)n1. The number of rotatable bonds is 5. The predicted octanol–water partition coefficient (Wildman–Crippen LogP) is 1.60. The van der Waals surface area contributed by atoms with Crippen molar-refractivity contribution in [3.8, 4) is 0 Å². The molecule has 2 heterocycles. The third kappa shape index (κ3) is 3.25. The van der Waals surface area contributed by atoms with E-state index in [1.165, 1.54) is 12.3 Å². The molecule has 0 unspecified atom stereocenters. The lowest BCUT2D eigenvalue weighted by Gasteiger charge is -2.20. The van der Waals surface area contributed by atoms with Gasteiger partial charge in [-0.25, -0.2) is 14.8 Å². The van der Waals surface area contributed by atoms with Crippen molar-refractivity contribution in [1.29, 1.82) is 0 Å². The summed E-state index contributed by atoms with van der Waals surface area (Å²) >= 11 is 0. The fourth-order valence-electron chi connectivity index (χ4n) is 1.63. The number of nitrogens with zero attached hydrogens (tertiary/aromatic N) is 4. The van der Waals surface area contributed by atoms with Crippen LogP contribution >= 0.6 is 0 Å². The van der Waals surface area contributed by atoms with Crippen LogP contribution < -0.4 is 4.90 Å². The summed E-state index contributed by atoms with van der Waals surface area (Å²) in [6.07, 6.45) is 3.17. The first kappa shape index (κ1) is 12.9. The van der Waals surface area contributed by atoms with Crippen LogP contribution in [0.25, 0.3) is 0 Å². The lowest BCUT2D eigenvalue weighted by atomic mass is 10.3. The summed E-state index contributed by atoms with van der Waals surface area (Å²) in [6.45, 7) is 3.17. The van der Waals surface area contributed by atoms with Crippen LogP contribution in [0.2, 0.25) is 0 Å². The Morgan fingerprint density at radius 1 is 1.26 bits per heavy atom. The van der Waals surface area contributed by atoms with Crippen molar-refractivity contribution in [2.24, 2.45) is 0 Å². The Morgan fingerprint density at radius 3 is 2.74 bits per heavy atom. The molecule has 1 N–H and O–H groups in total. The highest BCUT2D eigenvalue weighted by Crippen LogP contribution is 2.11. The smallest absolute Gasteiger partial charge is 0.354 e. The van der Waals surface area contributed by atoms with E-state index in [0.29, 0.717) is 19.0 Å². The molecule has 0 spiro atoms. The third-order valence-electron chi connectivity index (χ3n) is 2.61. The minimum absolute atomic E-state index is 0.00975. The van der Waals surface area contributed by atoms with Gasteiger partial charge in [0.25, 0.3) is 0 Å². The number of carboxylic acids is 1. The van der Waals surface area contributed by atoms with Gasteiger partial charge in [0.05, 0.1) is 12.2 Å². The fraction of sp³-hybridized carbons (Fsp3) is 0.231. The molecular weight excluding hydrogens is 244 g/mol. The van der Waals surface area contributed by atoms with Crippen LogP contribution in [-0.4, -0.2) is 32.6 Å². The molecule has 0 aliphatic rings. The van der Waals surface area contributed by atoms with Crippen LogP contribution in [0.1, 0.15) is 23.1 Å². The van der Waals surface area contributed by atoms with Gasteiger partial charge >= 0.3 is 5.97 Å². The number of aromatic carboxylic acids is 1. The largest absolute Gasteiger partial charge is 0.477 e. The molecule has 0 aromatic carbocycles. The number of aromatic nitrogens is 3. The summed E-state index contributed by atoms with van der Waals surface area (Å²) in [4.78, 5) is 25.1. The van der Waals surface area contributed by atoms with Crippen LogP contribution in [-0.2, 0) is 6.54 Å². The Hall–Kier alpha value is -2.50. The number of hydrogen-bond acceptors (Lipinski definition) is 5. The van der Waals surface area contributed by atoms with E-state index in [0.717, 1.165) is 5.69 Å². The van der Waals surface area contributed by atoms with Gasteiger partial charge in [-0.1, -0.05) is 6.07 Å². The zero-order chi connectivity index (χ0) is 13.7. The van der Waals surface area contributed by atoms with Gasteiger partial charge < -0.3 is 10.0 Å². The number of carbonyl (C=O) groups is 1. The summed E-state index contributed by atoms with van der Waals surface area (Å²) < 4.78 is 0. The summed E-state index contributed by atoms with van der Waals surface area (Å²) in [5, 5.41) is 8.93. The lowest BCUT2D eigenvalue weighted by Crippen LogP contribution is -2.25. The van der Waals surface area contributed by atoms with Gasteiger partial charge in [-0.15, -0.1) is 0 Å². The van der Waals surface area contributed by atoms with E-state index in [4.69, 9.17) is 5.11 Å². The van der Waals surface area contributed by atoms with Crippen molar-refractivity contribution in [3.05, 3.63) is 48.0 Å². The van der Waals surface area contributed by atoms with Crippen molar-refractivity contribution in [3.63, 3.8) is 0 Å². The molecule has 0 amide bonds. The monoisotopic (exact) mass is 258 g/mol. The van der Waals surface area contributed by atoms with E-state index in [9.17, 15) is 4.79 Å². The van der Waals surface area contributed by atoms with E-state index in [2.05, 4.69) is 15.0 Å². The first-order chi connectivity index (χ1) is 9.20. The lowest BCUT2D eigenvalue weighted by molar-refractivity contribution is 0.0690. The minimum Gasteiger partial charge on any atom is -0.477 e. The second kappa shape index (κ2) is 5.90. The Labute approximate surface area is 110 Å². The quantitative estimate of drug-likeness (QED) is 0.877. The average Bonchev–Trinajstić information content (AvgIpc) is 2.46. The van der Waals surface area contributed by atoms with Gasteiger partial charge in [-0.05, 0) is 25.1 Å². The van der Waals surface area contributed by atoms with E-state index in [1.54, 1.807) is 6.20 Å². The second-order valence-corrected chi connectivity index (χ2v) is 3.88. The van der Waals surface area contributed by atoms with Crippen LogP contribution in [0, 0.1) is 0 Å². The Kier molecular flexibility index (Phi) is 4.02. The molecule has 6 heteroatoms. The summed E-state index contributed by atoms with van der Waals surface area (Å²) in [5.74, 6) is -0.661. The van der Waals surface area contributed by atoms with E-state index >= 15 is 0 Å².